The van der Waals surface area contributed by atoms with Crippen LogP contribution in [-0.2, 0) is 14.1 Å². The maximum atomic E-state index is 13.3. The van der Waals surface area contributed by atoms with Gasteiger partial charge in [0.05, 0.1) is 27.2 Å². The van der Waals surface area contributed by atoms with E-state index in [0.717, 1.165) is 38.7 Å². The molecule has 9 heteroatoms. The zero-order chi connectivity index (χ0) is 22.4. The molecule has 160 valence electrons. The van der Waals surface area contributed by atoms with Crippen LogP contribution in [0.25, 0.3) is 33.0 Å². The number of anilines is 1. The summed E-state index contributed by atoms with van der Waals surface area (Å²) in [6.07, 6.45) is 3.65. The molecular weight excluding hydrogens is 422 g/mol. The van der Waals surface area contributed by atoms with Gasteiger partial charge in [0.25, 0.3) is 5.91 Å². The first-order valence-corrected chi connectivity index (χ1v) is 10.9. The van der Waals surface area contributed by atoms with Crippen molar-refractivity contribution in [3.63, 3.8) is 0 Å². The number of amides is 1. The Balaban J connectivity index is 1.59. The average molecular weight is 444 g/mol. The van der Waals surface area contributed by atoms with E-state index in [9.17, 15) is 4.79 Å². The van der Waals surface area contributed by atoms with Gasteiger partial charge < -0.3 is 4.57 Å². The zero-order valence-corrected chi connectivity index (χ0v) is 18.9. The first-order chi connectivity index (χ1) is 15.4. The third kappa shape index (κ3) is 3.36. The Morgan fingerprint density at radius 3 is 2.59 bits per heavy atom. The van der Waals surface area contributed by atoms with Crippen LogP contribution in [0.4, 0.5) is 5.13 Å². The fourth-order valence-electron chi connectivity index (χ4n) is 3.81. The van der Waals surface area contributed by atoms with E-state index < -0.39 is 0 Å². The van der Waals surface area contributed by atoms with E-state index in [1.165, 1.54) is 11.3 Å². The van der Waals surface area contributed by atoms with Gasteiger partial charge in [-0.2, -0.15) is 5.10 Å². The maximum Gasteiger partial charge on any atom is 0.258 e. The molecule has 4 aromatic heterocycles. The summed E-state index contributed by atoms with van der Waals surface area (Å²) in [6.45, 7) is 3.75. The molecule has 0 radical (unpaired) electrons. The van der Waals surface area contributed by atoms with Gasteiger partial charge in [0.2, 0.25) is 0 Å². The molecule has 0 unspecified atom stereocenters. The minimum Gasteiger partial charge on any atom is -0.333 e. The molecule has 0 aliphatic heterocycles. The molecule has 0 spiro atoms. The van der Waals surface area contributed by atoms with E-state index in [0.29, 0.717) is 16.3 Å². The van der Waals surface area contributed by atoms with Gasteiger partial charge in [-0.3, -0.25) is 14.8 Å². The van der Waals surface area contributed by atoms with Gasteiger partial charge in [0, 0.05) is 37.7 Å². The SMILES string of the molecule is Cc1cc(C(=O)Nc2nc(-c3ccccc3)c(-c3nccn3C)s2)c2c(C)nn(C)c2n1. The summed E-state index contributed by atoms with van der Waals surface area (Å²) in [5, 5.41) is 8.69. The molecular formula is C23H21N7OS. The normalized spacial score (nSPS) is 11.2. The minimum absolute atomic E-state index is 0.239. The Hall–Kier alpha value is -3.85. The number of thiazole rings is 1. The molecule has 1 N–H and O–H groups in total. The number of pyridine rings is 1. The lowest BCUT2D eigenvalue weighted by Crippen LogP contribution is -2.13. The number of imidazole rings is 1. The number of nitrogens with zero attached hydrogens (tertiary/aromatic N) is 6. The Bertz CT molecular complexity index is 1460. The van der Waals surface area contributed by atoms with Crippen molar-refractivity contribution in [2.24, 2.45) is 14.1 Å². The van der Waals surface area contributed by atoms with Crippen LogP contribution < -0.4 is 5.32 Å². The molecule has 4 heterocycles. The zero-order valence-electron chi connectivity index (χ0n) is 18.1. The van der Waals surface area contributed by atoms with Gasteiger partial charge in [0.1, 0.15) is 0 Å². The van der Waals surface area contributed by atoms with Crippen molar-refractivity contribution in [3.8, 4) is 22.0 Å². The monoisotopic (exact) mass is 443 g/mol. The second kappa shape index (κ2) is 7.69. The molecule has 8 nitrogen and oxygen atoms in total. The highest BCUT2D eigenvalue weighted by Gasteiger charge is 2.22. The lowest BCUT2D eigenvalue weighted by molar-refractivity contribution is 0.102. The molecule has 0 fully saturated rings. The van der Waals surface area contributed by atoms with Crippen LogP contribution >= 0.6 is 11.3 Å². The summed E-state index contributed by atoms with van der Waals surface area (Å²) in [7, 11) is 3.77. The van der Waals surface area contributed by atoms with E-state index in [1.54, 1.807) is 16.9 Å². The van der Waals surface area contributed by atoms with E-state index in [-0.39, 0.29) is 5.91 Å². The van der Waals surface area contributed by atoms with Crippen LogP contribution in [0.2, 0.25) is 0 Å². The molecule has 0 aliphatic rings. The molecule has 5 rings (SSSR count). The van der Waals surface area contributed by atoms with Crippen LogP contribution in [0.3, 0.4) is 0 Å². The van der Waals surface area contributed by atoms with Gasteiger partial charge in [-0.15, -0.1) is 0 Å². The summed E-state index contributed by atoms with van der Waals surface area (Å²) in [5.41, 5.74) is 4.49. The molecule has 0 aliphatic carbocycles. The molecule has 0 saturated heterocycles. The number of carbonyl (C=O) groups excluding carboxylic acids is 1. The lowest BCUT2D eigenvalue weighted by Gasteiger charge is -2.05. The topological polar surface area (TPSA) is 90.5 Å². The summed E-state index contributed by atoms with van der Waals surface area (Å²) in [5.74, 6) is 0.559. The van der Waals surface area contributed by atoms with Crippen LogP contribution in [0.5, 0.6) is 0 Å². The third-order valence-corrected chi connectivity index (χ3v) is 6.23. The highest BCUT2D eigenvalue weighted by atomic mass is 32.1. The van der Waals surface area contributed by atoms with Crippen LogP contribution in [0.15, 0.2) is 48.8 Å². The number of carbonyl (C=O) groups is 1. The predicted molar refractivity (Wildman–Crippen MR) is 126 cm³/mol. The van der Waals surface area contributed by atoms with Crippen molar-refractivity contribution in [2.75, 3.05) is 5.32 Å². The van der Waals surface area contributed by atoms with E-state index in [2.05, 4.69) is 20.4 Å². The summed E-state index contributed by atoms with van der Waals surface area (Å²) >= 11 is 1.41. The first kappa shape index (κ1) is 20.1. The highest BCUT2D eigenvalue weighted by Crippen LogP contribution is 2.38. The number of aromatic nitrogens is 6. The maximum absolute atomic E-state index is 13.3. The number of fused-ring (bicyclic) bond motifs is 1. The molecule has 1 amide bonds. The Morgan fingerprint density at radius 2 is 1.88 bits per heavy atom. The Labute approximate surface area is 188 Å². The highest BCUT2D eigenvalue weighted by molar-refractivity contribution is 7.19. The van der Waals surface area contributed by atoms with Gasteiger partial charge in [-0.25, -0.2) is 15.0 Å². The van der Waals surface area contributed by atoms with Crippen LogP contribution in [-0.4, -0.2) is 35.2 Å². The van der Waals surface area contributed by atoms with Gasteiger partial charge in [0.15, 0.2) is 16.6 Å². The summed E-state index contributed by atoms with van der Waals surface area (Å²) < 4.78 is 3.64. The van der Waals surface area contributed by atoms with Crippen LogP contribution in [0, 0.1) is 13.8 Å². The largest absolute Gasteiger partial charge is 0.333 e. The summed E-state index contributed by atoms with van der Waals surface area (Å²) in [6, 6.07) is 11.7. The molecule has 1 aromatic carbocycles. The molecule has 0 bridgehead atoms. The standard InChI is InChI=1S/C23H21N7OS/c1-13-12-16(17-14(2)28-30(4)20(17)25-13)22(31)27-23-26-18(15-8-6-5-7-9-15)19(32-23)21-24-10-11-29(21)3/h5-12H,1-4H3,(H,26,27,31). The Kier molecular flexibility index (Phi) is 4.82. The van der Waals surface area contributed by atoms with E-state index >= 15 is 0 Å². The minimum atomic E-state index is -0.239. The van der Waals surface area contributed by atoms with Crippen molar-refractivity contribution < 1.29 is 4.79 Å². The van der Waals surface area contributed by atoms with E-state index in [4.69, 9.17) is 4.98 Å². The molecule has 5 aromatic rings. The van der Waals surface area contributed by atoms with Gasteiger partial charge >= 0.3 is 0 Å². The number of rotatable bonds is 4. The third-order valence-electron chi connectivity index (χ3n) is 5.26. The molecule has 0 atom stereocenters. The van der Waals surface area contributed by atoms with Crippen LogP contribution in [0.1, 0.15) is 21.7 Å². The number of hydrogen-bond donors (Lipinski definition) is 1. The summed E-state index contributed by atoms with van der Waals surface area (Å²) in [4.78, 5) is 28.0. The second-order valence-corrected chi connectivity index (χ2v) is 8.60. The smallest absolute Gasteiger partial charge is 0.258 e. The fourth-order valence-corrected chi connectivity index (χ4v) is 4.84. The lowest BCUT2D eigenvalue weighted by atomic mass is 10.1. The second-order valence-electron chi connectivity index (χ2n) is 7.60. The van der Waals surface area contributed by atoms with Crippen molar-refractivity contribution >= 4 is 33.4 Å². The Morgan fingerprint density at radius 1 is 1.09 bits per heavy atom. The van der Waals surface area contributed by atoms with Gasteiger partial charge in [-0.05, 0) is 19.9 Å². The first-order valence-electron chi connectivity index (χ1n) is 10.1. The number of benzene rings is 1. The molecule has 32 heavy (non-hydrogen) atoms. The van der Waals surface area contributed by atoms with Gasteiger partial charge in [-0.1, -0.05) is 41.7 Å². The quantitative estimate of drug-likeness (QED) is 0.446. The van der Waals surface area contributed by atoms with Crippen molar-refractivity contribution in [3.05, 3.63) is 65.7 Å². The van der Waals surface area contributed by atoms with Crippen molar-refractivity contribution in [1.29, 1.82) is 0 Å². The fraction of sp³-hybridized carbons (Fsp3) is 0.174. The average Bonchev–Trinajstić information content (AvgIpc) is 3.46. The predicted octanol–water partition coefficient (Wildman–Crippen LogP) is 4.36. The number of aryl methyl sites for hydroxylation is 4. The van der Waals surface area contributed by atoms with Crippen molar-refractivity contribution in [1.82, 2.24) is 29.3 Å². The van der Waals surface area contributed by atoms with Crippen molar-refractivity contribution in [2.45, 2.75) is 13.8 Å². The van der Waals surface area contributed by atoms with E-state index in [1.807, 2.05) is 69.0 Å². The number of hydrogen-bond acceptors (Lipinski definition) is 6. The molecule has 0 saturated carbocycles. The number of nitrogens with one attached hydrogen (secondary N) is 1.